The number of aryl methyl sites for hydroxylation is 1. The highest BCUT2D eigenvalue weighted by Gasteiger charge is 2.22. The number of aromatic nitrogens is 2. The lowest BCUT2D eigenvalue weighted by molar-refractivity contribution is -0.113. The van der Waals surface area contributed by atoms with E-state index in [0.717, 1.165) is 29.9 Å². The number of carbonyl (C=O) groups is 1. The van der Waals surface area contributed by atoms with E-state index in [9.17, 15) is 18.0 Å². The van der Waals surface area contributed by atoms with Gasteiger partial charge < -0.3 is 10.3 Å². The van der Waals surface area contributed by atoms with E-state index in [4.69, 9.17) is 11.6 Å². The molecule has 0 saturated carbocycles. The first-order valence-electron chi connectivity index (χ1n) is 8.91. The van der Waals surface area contributed by atoms with Gasteiger partial charge in [0.15, 0.2) is 10.1 Å². The van der Waals surface area contributed by atoms with Crippen LogP contribution < -0.4 is 10.9 Å². The molecule has 0 unspecified atom stereocenters. The van der Waals surface area contributed by atoms with Crippen molar-refractivity contribution < 1.29 is 13.2 Å². The predicted molar refractivity (Wildman–Crippen MR) is 117 cm³/mol. The van der Waals surface area contributed by atoms with Gasteiger partial charge in [-0.15, -0.1) is 0 Å². The zero-order valence-electron chi connectivity index (χ0n) is 15.9. The quantitative estimate of drug-likeness (QED) is 0.409. The monoisotopic (exact) mass is 463 g/mol. The fourth-order valence-electron chi connectivity index (χ4n) is 2.53. The van der Waals surface area contributed by atoms with Crippen LogP contribution in [0.2, 0.25) is 5.02 Å². The average Bonchev–Trinajstić information content (AvgIpc) is 2.74. The lowest BCUT2D eigenvalue weighted by Gasteiger charge is -2.07. The third-order valence-electron chi connectivity index (χ3n) is 4.14. The second-order valence-corrected chi connectivity index (χ2v) is 9.55. The average molecular weight is 464 g/mol. The molecule has 0 atom stereocenters. The summed E-state index contributed by atoms with van der Waals surface area (Å²) < 4.78 is 25.4. The van der Waals surface area contributed by atoms with E-state index in [1.807, 2.05) is 6.92 Å². The van der Waals surface area contributed by atoms with E-state index in [2.05, 4.69) is 15.3 Å². The zero-order chi connectivity index (χ0) is 21.7. The number of anilines is 1. The Morgan fingerprint density at radius 3 is 2.40 bits per heavy atom. The Kier molecular flexibility index (Phi) is 6.96. The van der Waals surface area contributed by atoms with E-state index < -0.39 is 20.3 Å². The summed E-state index contributed by atoms with van der Waals surface area (Å²) in [5.41, 5.74) is 0.789. The van der Waals surface area contributed by atoms with Crippen molar-refractivity contribution in [2.24, 2.45) is 0 Å². The summed E-state index contributed by atoms with van der Waals surface area (Å²) in [6.45, 7) is 1.96. The van der Waals surface area contributed by atoms with Gasteiger partial charge in [-0.3, -0.25) is 9.59 Å². The Balaban J connectivity index is 1.69. The minimum atomic E-state index is -3.99. The summed E-state index contributed by atoms with van der Waals surface area (Å²) in [5.74, 6) is -0.325. The molecule has 1 amide bonds. The lowest BCUT2D eigenvalue weighted by atomic mass is 10.2. The van der Waals surface area contributed by atoms with Crippen LogP contribution in [0.15, 0.2) is 74.5 Å². The van der Waals surface area contributed by atoms with Crippen LogP contribution in [0.1, 0.15) is 12.5 Å². The van der Waals surface area contributed by atoms with E-state index in [1.165, 1.54) is 12.1 Å². The molecule has 0 spiro atoms. The molecule has 3 rings (SSSR count). The third-order valence-corrected chi connectivity index (χ3v) is 7.04. The first kappa shape index (κ1) is 22.1. The number of nitrogens with one attached hydrogen (secondary N) is 2. The maximum absolute atomic E-state index is 12.7. The van der Waals surface area contributed by atoms with Gasteiger partial charge in [-0.05, 0) is 48.4 Å². The number of H-pyrrole nitrogens is 1. The standard InChI is InChI=1S/C20H18ClN3O4S2/c1-2-13-3-9-16(10-4-13)30(27,28)17-11-22-20(24-19(17)26)29-12-18(25)23-15-7-5-14(21)6-8-15/h3-11H,2,12H2,1H3,(H,23,25)(H,22,24,26). The molecule has 0 radical (unpaired) electrons. The number of sulfone groups is 1. The summed E-state index contributed by atoms with van der Waals surface area (Å²) in [5, 5.41) is 3.39. The van der Waals surface area contributed by atoms with Gasteiger partial charge in [-0.2, -0.15) is 0 Å². The van der Waals surface area contributed by atoms with E-state index >= 15 is 0 Å². The number of hydrogen-bond acceptors (Lipinski definition) is 6. The fraction of sp³-hybridized carbons (Fsp3) is 0.150. The Morgan fingerprint density at radius 1 is 1.13 bits per heavy atom. The summed E-state index contributed by atoms with van der Waals surface area (Å²) in [4.78, 5) is 30.4. The maximum atomic E-state index is 12.7. The highest BCUT2D eigenvalue weighted by atomic mass is 35.5. The Labute approximate surface area is 182 Å². The number of nitrogens with zero attached hydrogens (tertiary/aromatic N) is 1. The molecule has 156 valence electrons. The van der Waals surface area contributed by atoms with Crippen molar-refractivity contribution in [3.8, 4) is 0 Å². The van der Waals surface area contributed by atoms with Crippen molar-refractivity contribution >= 4 is 44.8 Å². The second-order valence-electron chi connectivity index (χ2n) is 6.23. The molecular formula is C20H18ClN3O4S2. The summed E-state index contributed by atoms with van der Waals surface area (Å²) in [7, 11) is -3.99. The SMILES string of the molecule is CCc1ccc(S(=O)(=O)c2cnc(SCC(=O)Nc3ccc(Cl)cc3)[nH]c2=O)cc1. The van der Waals surface area contributed by atoms with E-state index in [-0.39, 0.29) is 21.7 Å². The van der Waals surface area contributed by atoms with E-state index in [1.54, 1.807) is 36.4 Å². The highest BCUT2D eigenvalue weighted by Crippen LogP contribution is 2.20. The lowest BCUT2D eigenvalue weighted by Crippen LogP contribution is -2.20. The largest absolute Gasteiger partial charge is 0.325 e. The van der Waals surface area contributed by atoms with Crippen LogP contribution in [0.5, 0.6) is 0 Å². The molecule has 0 aliphatic carbocycles. The highest BCUT2D eigenvalue weighted by molar-refractivity contribution is 7.99. The van der Waals surface area contributed by atoms with Crippen molar-refractivity contribution in [1.82, 2.24) is 9.97 Å². The molecule has 0 aliphatic heterocycles. The molecule has 2 N–H and O–H groups in total. The number of aromatic amines is 1. The van der Waals surface area contributed by atoms with Crippen molar-refractivity contribution in [2.45, 2.75) is 28.3 Å². The number of thioether (sulfide) groups is 1. The Bertz CT molecular complexity index is 1210. The molecule has 1 aromatic heterocycles. The van der Waals surface area contributed by atoms with Gasteiger partial charge in [-0.1, -0.05) is 42.4 Å². The molecule has 10 heteroatoms. The van der Waals surface area contributed by atoms with Gasteiger partial charge in [-0.25, -0.2) is 13.4 Å². The summed E-state index contributed by atoms with van der Waals surface area (Å²) in [6, 6.07) is 13.0. The minimum Gasteiger partial charge on any atom is -0.325 e. The molecule has 0 aliphatic rings. The maximum Gasteiger partial charge on any atom is 0.270 e. The van der Waals surface area contributed by atoms with Crippen LogP contribution in [-0.4, -0.2) is 30.0 Å². The number of benzene rings is 2. The van der Waals surface area contributed by atoms with Gasteiger partial charge >= 0.3 is 0 Å². The molecule has 0 fully saturated rings. The van der Waals surface area contributed by atoms with Crippen molar-refractivity contribution in [3.63, 3.8) is 0 Å². The number of hydrogen-bond donors (Lipinski definition) is 2. The minimum absolute atomic E-state index is 0.0177. The summed E-state index contributed by atoms with van der Waals surface area (Å²) >= 11 is 6.79. The Hall–Kier alpha value is -2.62. The van der Waals surface area contributed by atoms with Crippen LogP contribution in [0.4, 0.5) is 5.69 Å². The molecular weight excluding hydrogens is 446 g/mol. The van der Waals surface area contributed by atoms with Gasteiger partial charge in [0, 0.05) is 10.7 Å². The zero-order valence-corrected chi connectivity index (χ0v) is 18.3. The predicted octanol–water partition coefficient (Wildman–Crippen LogP) is 3.55. The number of carbonyl (C=O) groups excluding carboxylic acids is 1. The number of halogens is 1. The van der Waals surface area contributed by atoms with Crippen LogP contribution >= 0.6 is 23.4 Å². The van der Waals surface area contributed by atoms with Crippen LogP contribution in [0.25, 0.3) is 0 Å². The van der Waals surface area contributed by atoms with Gasteiger partial charge in [0.1, 0.15) is 0 Å². The topological polar surface area (TPSA) is 109 Å². The number of rotatable bonds is 7. The van der Waals surface area contributed by atoms with E-state index in [0.29, 0.717) is 10.7 Å². The van der Waals surface area contributed by atoms with Crippen LogP contribution in [0.3, 0.4) is 0 Å². The third kappa shape index (κ3) is 5.29. The molecule has 0 bridgehead atoms. The molecule has 7 nitrogen and oxygen atoms in total. The van der Waals surface area contributed by atoms with Crippen molar-refractivity contribution in [3.05, 3.63) is 75.7 Å². The molecule has 3 aromatic rings. The van der Waals surface area contributed by atoms with Gasteiger partial charge in [0.05, 0.1) is 16.8 Å². The molecule has 2 aromatic carbocycles. The first-order valence-corrected chi connectivity index (χ1v) is 11.8. The molecule has 1 heterocycles. The van der Waals surface area contributed by atoms with Crippen LogP contribution in [-0.2, 0) is 21.1 Å². The smallest absolute Gasteiger partial charge is 0.270 e. The van der Waals surface area contributed by atoms with Gasteiger partial charge in [0.2, 0.25) is 15.7 Å². The summed E-state index contributed by atoms with van der Waals surface area (Å²) in [6.07, 6.45) is 1.79. The number of amides is 1. The molecule has 30 heavy (non-hydrogen) atoms. The van der Waals surface area contributed by atoms with Gasteiger partial charge in [0.25, 0.3) is 5.56 Å². The van der Waals surface area contributed by atoms with Crippen LogP contribution in [0, 0.1) is 0 Å². The second kappa shape index (κ2) is 9.46. The molecule has 0 saturated heterocycles. The Morgan fingerprint density at radius 2 is 1.80 bits per heavy atom. The van der Waals surface area contributed by atoms with Crippen molar-refractivity contribution in [1.29, 1.82) is 0 Å². The van der Waals surface area contributed by atoms with Crippen molar-refractivity contribution in [2.75, 3.05) is 11.1 Å². The normalized spacial score (nSPS) is 11.3. The fourth-order valence-corrected chi connectivity index (χ4v) is 4.52. The first-order chi connectivity index (χ1) is 14.3.